The second kappa shape index (κ2) is 6.03. The fourth-order valence-corrected chi connectivity index (χ4v) is 4.76. The molecule has 22 heavy (non-hydrogen) atoms. The van der Waals surface area contributed by atoms with E-state index < -0.39 is 0 Å². The predicted octanol–water partition coefficient (Wildman–Crippen LogP) is 2.64. The third-order valence-corrected chi connectivity index (χ3v) is 6.49. The number of fused-ring (bicyclic) bond motifs is 1. The number of likely N-dealkylation sites (tertiary alicyclic amines) is 1. The number of hydrogen-bond acceptors (Lipinski definition) is 3. The Morgan fingerprint density at radius 2 is 2.09 bits per heavy atom. The summed E-state index contributed by atoms with van der Waals surface area (Å²) in [5, 5.41) is 0. The first-order valence-corrected chi connectivity index (χ1v) is 8.91. The van der Waals surface area contributed by atoms with Gasteiger partial charge in [0.15, 0.2) is 0 Å². The first-order chi connectivity index (χ1) is 10.5. The molecule has 1 aromatic rings. The van der Waals surface area contributed by atoms with E-state index in [1.165, 1.54) is 4.88 Å². The van der Waals surface area contributed by atoms with Gasteiger partial charge in [-0.2, -0.15) is 0 Å². The molecule has 0 N–H and O–H groups in total. The molecule has 3 rings (SSSR count). The number of nitrogens with zero attached hydrogens (tertiary/aromatic N) is 2. The van der Waals surface area contributed by atoms with Gasteiger partial charge in [0.1, 0.15) is 0 Å². The van der Waals surface area contributed by atoms with Gasteiger partial charge in [0, 0.05) is 38.0 Å². The van der Waals surface area contributed by atoms with E-state index in [2.05, 4.69) is 6.92 Å². The van der Waals surface area contributed by atoms with Crippen LogP contribution in [0.1, 0.15) is 40.7 Å². The largest absolute Gasteiger partial charge is 0.345 e. The minimum atomic E-state index is 0.132. The van der Waals surface area contributed by atoms with E-state index >= 15 is 0 Å². The molecular weight excluding hydrogens is 296 g/mol. The Labute approximate surface area is 136 Å². The lowest BCUT2D eigenvalue weighted by atomic mass is 9.88. The smallest absolute Gasteiger partial charge is 0.263 e. The first kappa shape index (κ1) is 15.5. The monoisotopic (exact) mass is 320 g/mol. The van der Waals surface area contributed by atoms with Crippen LogP contribution in [-0.4, -0.2) is 48.3 Å². The van der Waals surface area contributed by atoms with E-state index in [-0.39, 0.29) is 17.9 Å². The summed E-state index contributed by atoms with van der Waals surface area (Å²) in [7, 11) is 3.81. The van der Waals surface area contributed by atoms with Gasteiger partial charge in [0.2, 0.25) is 5.91 Å². The SMILES string of the molecule is CCc1ccc(C(=O)N(C)[C@@H]2C[C@@H]3CC(=O)N(C)C[C@@H]3C2)s1. The van der Waals surface area contributed by atoms with Gasteiger partial charge < -0.3 is 9.80 Å². The highest BCUT2D eigenvalue weighted by atomic mass is 32.1. The summed E-state index contributed by atoms with van der Waals surface area (Å²) in [6, 6.07) is 4.27. The second-order valence-electron chi connectivity index (χ2n) is 6.66. The van der Waals surface area contributed by atoms with Gasteiger partial charge in [-0.1, -0.05) is 6.92 Å². The molecule has 1 saturated carbocycles. The maximum atomic E-state index is 12.7. The maximum absolute atomic E-state index is 12.7. The molecule has 0 spiro atoms. The van der Waals surface area contributed by atoms with Crippen molar-refractivity contribution in [3.63, 3.8) is 0 Å². The number of hydrogen-bond donors (Lipinski definition) is 0. The third-order valence-electron chi connectivity index (χ3n) is 5.28. The van der Waals surface area contributed by atoms with Gasteiger partial charge in [-0.05, 0) is 43.2 Å². The highest BCUT2D eigenvalue weighted by molar-refractivity contribution is 7.14. The molecule has 2 fully saturated rings. The lowest BCUT2D eigenvalue weighted by Gasteiger charge is -2.31. The third kappa shape index (κ3) is 2.78. The van der Waals surface area contributed by atoms with Gasteiger partial charge in [0.25, 0.3) is 5.91 Å². The molecule has 2 heterocycles. The zero-order valence-electron chi connectivity index (χ0n) is 13.5. The Morgan fingerprint density at radius 1 is 1.36 bits per heavy atom. The van der Waals surface area contributed by atoms with Crippen molar-refractivity contribution in [1.82, 2.24) is 9.80 Å². The molecule has 0 unspecified atom stereocenters. The van der Waals surface area contributed by atoms with Crippen LogP contribution in [0, 0.1) is 11.8 Å². The fourth-order valence-electron chi connectivity index (χ4n) is 3.83. The molecule has 1 aliphatic carbocycles. The van der Waals surface area contributed by atoms with Gasteiger partial charge in [-0.3, -0.25) is 9.59 Å². The number of aryl methyl sites for hydroxylation is 1. The van der Waals surface area contributed by atoms with Crippen molar-refractivity contribution in [3.8, 4) is 0 Å². The molecule has 0 aromatic carbocycles. The van der Waals surface area contributed by atoms with Crippen molar-refractivity contribution >= 4 is 23.2 Å². The van der Waals surface area contributed by atoms with Crippen LogP contribution in [0.3, 0.4) is 0 Å². The summed E-state index contributed by atoms with van der Waals surface area (Å²) in [5.41, 5.74) is 0. The molecule has 1 aromatic heterocycles. The number of carbonyl (C=O) groups is 2. The molecule has 1 aliphatic heterocycles. The molecular formula is C17H24N2O2S. The van der Waals surface area contributed by atoms with E-state index in [0.29, 0.717) is 18.3 Å². The molecule has 120 valence electrons. The summed E-state index contributed by atoms with van der Waals surface area (Å²) in [4.78, 5) is 30.4. The van der Waals surface area contributed by atoms with Crippen LogP contribution < -0.4 is 0 Å². The van der Waals surface area contributed by atoms with Crippen LogP contribution in [0.25, 0.3) is 0 Å². The average Bonchev–Trinajstić information content (AvgIpc) is 3.12. The Kier molecular flexibility index (Phi) is 4.26. The average molecular weight is 320 g/mol. The second-order valence-corrected chi connectivity index (χ2v) is 7.83. The number of thiophene rings is 1. The van der Waals surface area contributed by atoms with E-state index in [1.54, 1.807) is 11.3 Å². The lowest BCUT2D eigenvalue weighted by molar-refractivity contribution is -0.134. The predicted molar refractivity (Wildman–Crippen MR) is 88.0 cm³/mol. The standard InChI is InChI=1S/C17H24N2O2S/c1-4-14-5-6-15(22-14)17(21)19(3)13-7-11-9-16(20)18(2)10-12(11)8-13/h5-6,11-13H,4,7-10H2,1-3H3/t11-,12+,13-/m1/s1. The highest BCUT2D eigenvalue weighted by Gasteiger charge is 2.42. The van der Waals surface area contributed by atoms with Crippen molar-refractivity contribution in [2.45, 2.75) is 38.6 Å². The van der Waals surface area contributed by atoms with Gasteiger partial charge in [-0.15, -0.1) is 11.3 Å². The molecule has 1 saturated heterocycles. The van der Waals surface area contributed by atoms with Gasteiger partial charge in [-0.25, -0.2) is 0 Å². The summed E-state index contributed by atoms with van der Waals surface area (Å²) >= 11 is 1.60. The lowest BCUT2D eigenvalue weighted by Crippen LogP contribution is -2.39. The van der Waals surface area contributed by atoms with Crippen LogP contribution in [0.5, 0.6) is 0 Å². The number of rotatable bonds is 3. The number of amides is 2. The van der Waals surface area contributed by atoms with E-state index in [0.717, 1.165) is 30.7 Å². The Bertz CT molecular complexity index is 583. The zero-order chi connectivity index (χ0) is 15.9. The van der Waals surface area contributed by atoms with Crippen molar-refractivity contribution in [2.75, 3.05) is 20.6 Å². The summed E-state index contributed by atoms with van der Waals surface area (Å²) in [5.74, 6) is 1.39. The van der Waals surface area contributed by atoms with Crippen molar-refractivity contribution in [2.24, 2.45) is 11.8 Å². The van der Waals surface area contributed by atoms with Crippen molar-refractivity contribution in [1.29, 1.82) is 0 Å². The summed E-state index contributed by atoms with van der Waals surface area (Å²) < 4.78 is 0. The highest BCUT2D eigenvalue weighted by Crippen LogP contribution is 2.40. The van der Waals surface area contributed by atoms with Crippen LogP contribution in [0.15, 0.2) is 12.1 Å². The molecule has 2 aliphatic rings. The van der Waals surface area contributed by atoms with Crippen LogP contribution >= 0.6 is 11.3 Å². The maximum Gasteiger partial charge on any atom is 0.263 e. The molecule has 5 heteroatoms. The molecule has 0 bridgehead atoms. The van der Waals surface area contributed by atoms with Crippen molar-refractivity contribution in [3.05, 3.63) is 21.9 Å². The Morgan fingerprint density at radius 3 is 2.77 bits per heavy atom. The molecule has 2 amide bonds. The van der Waals surface area contributed by atoms with Gasteiger partial charge in [0.05, 0.1) is 4.88 Å². The minimum absolute atomic E-state index is 0.132. The van der Waals surface area contributed by atoms with E-state index in [9.17, 15) is 9.59 Å². The summed E-state index contributed by atoms with van der Waals surface area (Å²) in [6.07, 6.45) is 3.62. The van der Waals surface area contributed by atoms with E-state index in [4.69, 9.17) is 0 Å². The van der Waals surface area contributed by atoms with E-state index in [1.807, 2.05) is 36.0 Å². The molecule has 0 radical (unpaired) electrons. The fraction of sp³-hybridized carbons (Fsp3) is 0.647. The molecule has 4 nitrogen and oxygen atoms in total. The topological polar surface area (TPSA) is 40.6 Å². The van der Waals surface area contributed by atoms with Crippen LogP contribution in [-0.2, 0) is 11.2 Å². The zero-order valence-corrected chi connectivity index (χ0v) is 14.4. The van der Waals surface area contributed by atoms with Crippen molar-refractivity contribution < 1.29 is 9.59 Å². The minimum Gasteiger partial charge on any atom is -0.345 e. The first-order valence-electron chi connectivity index (χ1n) is 8.09. The number of piperidine rings is 1. The van der Waals surface area contributed by atoms with Crippen LogP contribution in [0.4, 0.5) is 0 Å². The Balaban J connectivity index is 1.67. The number of carbonyl (C=O) groups excluding carboxylic acids is 2. The van der Waals surface area contributed by atoms with Crippen LogP contribution in [0.2, 0.25) is 0 Å². The summed E-state index contributed by atoms with van der Waals surface area (Å²) in [6.45, 7) is 2.96. The quantitative estimate of drug-likeness (QED) is 0.859. The van der Waals surface area contributed by atoms with Gasteiger partial charge >= 0.3 is 0 Å². The Hall–Kier alpha value is -1.36. The normalized spacial score (nSPS) is 27.9. The molecule has 3 atom stereocenters.